The van der Waals surface area contributed by atoms with Crippen LogP contribution in [0.1, 0.15) is 67.2 Å². The summed E-state index contributed by atoms with van der Waals surface area (Å²) >= 11 is 0. The van der Waals surface area contributed by atoms with Gasteiger partial charge in [0, 0.05) is 0 Å². The molecule has 0 aromatic carbocycles. The molecule has 0 amide bonds. The molecule has 0 spiro atoms. The number of rotatable bonds is 1. The second-order valence-electron chi connectivity index (χ2n) is 7.51. The van der Waals surface area contributed by atoms with Crippen molar-refractivity contribution in [3.63, 3.8) is 0 Å². The van der Waals surface area contributed by atoms with E-state index in [-0.39, 0.29) is 0 Å². The van der Waals surface area contributed by atoms with E-state index >= 15 is 0 Å². The van der Waals surface area contributed by atoms with Crippen LogP contribution in [0.15, 0.2) is 0 Å². The Morgan fingerprint density at radius 2 is 1.67 bits per heavy atom. The summed E-state index contributed by atoms with van der Waals surface area (Å²) < 4.78 is 0. The Bertz CT molecular complexity index is 221. The third-order valence-corrected chi connectivity index (χ3v) is 9.80. The first-order chi connectivity index (χ1) is 8.32. The molecule has 2 heterocycles. The van der Waals surface area contributed by atoms with Gasteiger partial charge in [-0.05, 0) is 60.4 Å². The van der Waals surface area contributed by atoms with E-state index in [4.69, 9.17) is 0 Å². The highest BCUT2D eigenvalue weighted by molar-refractivity contribution is 7.61. The number of hydrogen-bond acceptors (Lipinski definition) is 0. The fourth-order valence-electron chi connectivity index (χ4n) is 3.08. The standard InChI is InChI=1S/C12H24P2.C4H10/c1-12(2,3)14-9-5-7-11(14)10-6-4-8-13-10;1-4(2)3/h10-11,13H,4-9H2,1-3H3;4H,1-3H3/t10?,11-,14?;/m1./s1. The predicted octanol–water partition coefficient (Wildman–Crippen LogP) is 5.93. The van der Waals surface area contributed by atoms with E-state index in [1.54, 1.807) is 25.2 Å². The molecule has 2 rings (SSSR count). The van der Waals surface area contributed by atoms with Gasteiger partial charge in [-0.1, -0.05) is 49.5 Å². The largest absolute Gasteiger partial charge is 0.118 e. The van der Waals surface area contributed by atoms with E-state index in [9.17, 15) is 0 Å². The molecule has 2 aliphatic heterocycles. The van der Waals surface area contributed by atoms with Crippen LogP contribution in [0.5, 0.6) is 0 Å². The average molecular weight is 288 g/mol. The van der Waals surface area contributed by atoms with Gasteiger partial charge in [0.2, 0.25) is 0 Å². The highest BCUT2D eigenvalue weighted by atomic mass is 31.1. The fraction of sp³-hybridized carbons (Fsp3) is 1.00. The third-order valence-electron chi connectivity index (χ3n) is 3.72. The normalized spacial score (nSPS) is 33.8. The van der Waals surface area contributed by atoms with Gasteiger partial charge >= 0.3 is 0 Å². The van der Waals surface area contributed by atoms with Crippen LogP contribution < -0.4 is 0 Å². The van der Waals surface area contributed by atoms with Gasteiger partial charge in [0.1, 0.15) is 0 Å². The van der Waals surface area contributed by atoms with Crippen LogP contribution in [-0.4, -0.2) is 28.8 Å². The van der Waals surface area contributed by atoms with Gasteiger partial charge in [-0.15, -0.1) is 8.58 Å². The van der Waals surface area contributed by atoms with Gasteiger partial charge in [-0.3, -0.25) is 0 Å². The SMILES string of the molecule is CC(C)(C)P1CCC[C@@H]1C1CCCP1.CC(C)C. The molecule has 0 N–H and O–H groups in total. The van der Waals surface area contributed by atoms with Crippen LogP contribution in [0.25, 0.3) is 0 Å². The molecule has 3 unspecified atom stereocenters. The summed E-state index contributed by atoms with van der Waals surface area (Å²) in [6.07, 6.45) is 9.33. The minimum atomic E-state index is 0.346. The average Bonchev–Trinajstić information content (AvgIpc) is 2.86. The zero-order chi connectivity index (χ0) is 13.8. The fourth-order valence-corrected chi connectivity index (χ4v) is 9.16. The Labute approximate surface area is 119 Å². The van der Waals surface area contributed by atoms with Crippen molar-refractivity contribution in [2.24, 2.45) is 5.92 Å². The van der Waals surface area contributed by atoms with Gasteiger partial charge in [-0.25, -0.2) is 0 Å². The van der Waals surface area contributed by atoms with E-state index in [2.05, 4.69) is 41.5 Å². The summed E-state index contributed by atoms with van der Waals surface area (Å²) in [5.74, 6) is 0.833. The van der Waals surface area contributed by atoms with Crippen molar-refractivity contribution in [1.82, 2.24) is 0 Å². The Hall–Kier alpha value is 0.860. The molecular weight excluding hydrogens is 254 g/mol. The van der Waals surface area contributed by atoms with Gasteiger partial charge in [-0.2, -0.15) is 0 Å². The molecule has 108 valence electrons. The molecule has 2 aliphatic rings. The molecule has 2 saturated heterocycles. The maximum Gasteiger partial charge on any atom is -0.0139 e. The molecule has 18 heavy (non-hydrogen) atoms. The number of hydrogen-bond donors (Lipinski definition) is 0. The predicted molar refractivity (Wildman–Crippen MR) is 91.3 cm³/mol. The van der Waals surface area contributed by atoms with E-state index < -0.39 is 0 Å². The lowest BCUT2D eigenvalue weighted by Gasteiger charge is -2.36. The van der Waals surface area contributed by atoms with Crippen molar-refractivity contribution >= 4 is 16.5 Å². The highest BCUT2D eigenvalue weighted by Gasteiger charge is 2.39. The smallest absolute Gasteiger partial charge is 0.0139 e. The third kappa shape index (κ3) is 5.46. The van der Waals surface area contributed by atoms with Crippen molar-refractivity contribution in [3.8, 4) is 0 Å². The van der Waals surface area contributed by atoms with Crippen molar-refractivity contribution in [2.45, 2.75) is 83.7 Å². The Balaban J connectivity index is 0.000000357. The molecule has 0 radical (unpaired) electrons. The first kappa shape index (κ1) is 16.9. The van der Waals surface area contributed by atoms with Gasteiger partial charge < -0.3 is 0 Å². The molecule has 0 aromatic heterocycles. The minimum absolute atomic E-state index is 0.346. The summed E-state index contributed by atoms with van der Waals surface area (Å²) in [7, 11) is 1.66. The molecule has 4 atom stereocenters. The Morgan fingerprint density at radius 3 is 2.11 bits per heavy atom. The van der Waals surface area contributed by atoms with Crippen molar-refractivity contribution < 1.29 is 0 Å². The second-order valence-corrected chi connectivity index (χ2v) is 12.6. The first-order valence-corrected chi connectivity index (χ1v) is 10.7. The van der Waals surface area contributed by atoms with Crippen LogP contribution in [0, 0.1) is 5.92 Å². The lowest BCUT2D eigenvalue weighted by atomic mass is 10.1. The van der Waals surface area contributed by atoms with Crippen molar-refractivity contribution in [3.05, 3.63) is 0 Å². The van der Waals surface area contributed by atoms with Crippen molar-refractivity contribution in [1.29, 1.82) is 0 Å². The maximum atomic E-state index is 2.48. The Morgan fingerprint density at radius 1 is 1.06 bits per heavy atom. The molecule has 0 nitrogen and oxygen atoms in total. The first-order valence-electron chi connectivity index (χ1n) is 7.82. The summed E-state index contributed by atoms with van der Waals surface area (Å²) in [4.78, 5) is 0. The van der Waals surface area contributed by atoms with Crippen LogP contribution in [-0.2, 0) is 0 Å². The van der Waals surface area contributed by atoms with Gasteiger partial charge in [0.25, 0.3) is 0 Å². The molecule has 0 saturated carbocycles. The zero-order valence-electron chi connectivity index (χ0n) is 13.4. The van der Waals surface area contributed by atoms with Gasteiger partial charge in [0.05, 0.1) is 0 Å². The van der Waals surface area contributed by atoms with Crippen LogP contribution in [0.2, 0.25) is 0 Å². The lowest BCUT2D eigenvalue weighted by molar-refractivity contribution is 0.684. The van der Waals surface area contributed by atoms with E-state index in [1.807, 2.05) is 0 Å². The van der Waals surface area contributed by atoms with E-state index in [1.165, 1.54) is 21.4 Å². The van der Waals surface area contributed by atoms with Gasteiger partial charge in [0.15, 0.2) is 0 Å². The summed E-state index contributed by atoms with van der Waals surface area (Å²) in [5, 5.41) is 0.629. The van der Waals surface area contributed by atoms with E-state index in [0.29, 0.717) is 13.1 Å². The van der Waals surface area contributed by atoms with Crippen molar-refractivity contribution in [2.75, 3.05) is 12.3 Å². The molecule has 0 bridgehead atoms. The summed E-state index contributed by atoms with van der Waals surface area (Å²) in [5.41, 5.74) is 2.31. The molecular formula is C16H34P2. The lowest BCUT2D eigenvalue weighted by Crippen LogP contribution is -2.23. The highest BCUT2D eigenvalue weighted by Crippen LogP contribution is 2.63. The van der Waals surface area contributed by atoms with E-state index in [0.717, 1.165) is 17.2 Å². The van der Waals surface area contributed by atoms with Crippen LogP contribution in [0.4, 0.5) is 0 Å². The zero-order valence-corrected chi connectivity index (χ0v) is 15.3. The summed E-state index contributed by atoms with van der Waals surface area (Å²) in [6.45, 7) is 13.9. The molecule has 2 fully saturated rings. The molecule has 0 aliphatic carbocycles. The minimum Gasteiger partial charge on any atom is -0.118 e. The second kappa shape index (κ2) is 7.59. The maximum absolute atomic E-state index is 2.48. The van der Waals surface area contributed by atoms with Crippen LogP contribution >= 0.6 is 16.5 Å². The van der Waals surface area contributed by atoms with Crippen LogP contribution in [0.3, 0.4) is 0 Å². The molecule has 0 aromatic rings. The Kier molecular flexibility index (Phi) is 7.13. The topological polar surface area (TPSA) is 0 Å². The monoisotopic (exact) mass is 288 g/mol. The summed E-state index contributed by atoms with van der Waals surface area (Å²) in [6, 6.07) is 0. The quantitative estimate of drug-likeness (QED) is 0.524. The molecule has 2 heteroatoms.